The summed E-state index contributed by atoms with van der Waals surface area (Å²) in [6.45, 7) is 9.11. The van der Waals surface area contributed by atoms with E-state index in [-0.39, 0.29) is 12.8 Å². The highest BCUT2D eigenvalue weighted by molar-refractivity contribution is 5.82. The molecule has 1 aliphatic heterocycles. The molecule has 0 radical (unpaired) electrons. The van der Waals surface area contributed by atoms with E-state index in [0.29, 0.717) is 30.6 Å². The summed E-state index contributed by atoms with van der Waals surface area (Å²) in [6, 6.07) is 5.54. The molecule has 0 aliphatic carbocycles. The number of hydrogen-bond acceptors (Lipinski definition) is 5. The number of hydrogen-bond donors (Lipinski definition) is 1. The number of esters is 1. The van der Waals surface area contributed by atoms with Gasteiger partial charge in [-0.1, -0.05) is 19.9 Å². The maximum Gasteiger partial charge on any atom is 0.330 e. The van der Waals surface area contributed by atoms with E-state index in [9.17, 15) is 4.79 Å². The third-order valence-electron chi connectivity index (χ3n) is 3.50. The molecule has 1 aromatic rings. The SMILES string of the molecule is CCOC(=O)C(C)(NCC(C)C)c1ccc2c(c1)OCO2. The van der Waals surface area contributed by atoms with Gasteiger partial charge in [-0.3, -0.25) is 5.32 Å². The molecule has 0 saturated heterocycles. The maximum absolute atomic E-state index is 12.4. The lowest BCUT2D eigenvalue weighted by Crippen LogP contribution is -2.49. The van der Waals surface area contributed by atoms with Crippen molar-refractivity contribution < 1.29 is 19.0 Å². The summed E-state index contributed by atoms with van der Waals surface area (Å²) in [6.07, 6.45) is 0. The Morgan fingerprint density at radius 1 is 1.38 bits per heavy atom. The molecule has 1 N–H and O–H groups in total. The molecular formula is C16H23NO4. The van der Waals surface area contributed by atoms with Gasteiger partial charge in [0.2, 0.25) is 6.79 Å². The zero-order valence-corrected chi connectivity index (χ0v) is 13.1. The fraction of sp³-hybridized carbons (Fsp3) is 0.562. The van der Waals surface area contributed by atoms with E-state index in [1.54, 1.807) is 6.92 Å². The zero-order valence-electron chi connectivity index (χ0n) is 13.1. The van der Waals surface area contributed by atoms with Crippen molar-refractivity contribution in [2.45, 2.75) is 33.2 Å². The molecule has 0 bridgehead atoms. The normalized spacial score (nSPS) is 15.9. The maximum atomic E-state index is 12.4. The minimum absolute atomic E-state index is 0.217. The van der Waals surface area contributed by atoms with E-state index in [0.717, 1.165) is 5.56 Å². The average Bonchev–Trinajstić information content (AvgIpc) is 2.92. The number of carbonyl (C=O) groups is 1. The van der Waals surface area contributed by atoms with Gasteiger partial charge in [-0.2, -0.15) is 0 Å². The Kier molecular flexibility index (Phi) is 4.73. The van der Waals surface area contributed by atoms with E-state index < -0.39 is 5.54 Å². The first-order valence-electron chi connectivity index (χ1n) is 7.29. The largest absolute Gasteiger partial charge is 0.464 e. The summed E-state index contributed by atoms with van der Waals surface area (Å²) < 4.78 is 16.0. The summed E-state index contributed by atoms with van der Waals surface area (Å²) in [5.74, 6) is 1.50. The van der Waals surface area contributed by atoms with Crippen LogP contribution in [0.4, 0.5) is 0 Å². The van der Waals surface area contributed by atoms with Crippen molar-refractivity contribution in [3.63, 3.8) is 0 Å². The van der Waals surface area contributed by atoms with Crippen molar-refractivity contribution >= 4 is 5.97 Å². The lowest BCUT2D eigenvalue weighted by Gasteiger charge is -2.30. The van der Waals surface area contributed by atoms with Gasteiger partial charge in [-0.05, 0) is 44.0 Å². The van der Waals surface area contributed by atoms with Gasteiger partial charge < -0.3 is 14.2 Å². The fourth-order valence-corrected chi connectivity index (χ4v) is 2.18. The molecule has 0 aromatic heterocycles. The summed E-state index contributed by atoms with van der Waals surface area (Å²) in [7, 11) is 0. The van der Waals surface area contributed by atoms with Crippen molar-refractivity contribution in [2.24, 2.45) is 5.92 Å². The Hall–Kier alpha value is -1.75. The van der Waals surface area contributed by atoms with E-state index in [4.69, 9.17) is 14.2 Å². The summed E-state index contributed by atoms with van der Waals surface area (Å²) >= 11 is 0. The standard InChI is InChI=1S/C16H23NO4/c1-5-19-15(18)16(4,17-9-11(2)3)12-6-7-13-14(8-12)21-10-20-13/h6-8,11,17H,5,9-10H2,1-4H3. The van der Waals surface area contributed by atoms with Crippen LogP contribution in [0.5, 0.6) is 11.5 Å². The van der Waals surface area contributed by atoms with Crippen LogP contribution in [0.3, 0.4) is 0 Å². The number of nitrogens with one attached hydrogen (secondary N) is 1. The second-order valence-corrected chi connectivity index (χ2v) is 5.69. The van der Waals surface area contributed by atoms with Crippen LogP contribution in [0.25, 0.3) is 0 Å². The summed E-state index contributed by atoms with van der Waals surface area (Å²) in [5, 5.41) is 3.32. The Bertz CT molecular complexity index is 515. The molecule has 1 aromatic carbocycles. The fourth-order valence-electron chi connectivity index (χ4n) is 2.18. The van der Waals surface area contributed by atoms with Gasteiger partial charge in [0.05, 0.1) is 6.61 Å². The van der Waals surface area contributed by atoms with Gasteiger partial charge >= 0.3 is 5.97 Å². The Morgan fingerprint density at radius 3 is 2.76 bits per heavy atom. The van der Waals surface area contributed by atoms with Gasteiger partial charge in [0, 0.05) is 0 Å². The van der Waals surface area contributed by atoms with E-state index in [2.05, 4.69) is 19.2 Å². The number of fused-ring (bicyclic) bond motifs is 1. The second kappa shape index (κ2) is 6.35. The average molecular weight is 293 g/mol. The third kappa shape index (κ3) is 3.29. The summed E-state index contributed by atoms with van der Waals surface area (Å²) in [5.41, 5.74) is -0.0906. The van der Waals surface area contributed by atoms with Crippen molar-refractivity contribution in [1.82, 2.24) is 5.32 Å². The highest BCUT2D eigenvalue weighted by Gasteiger charge is 2.37. The predicted octanol–water partition coefficient (Wildman–Crippen LogP) is 2.44. The van der Waals surface area contributed by atoms with Crippen LogP contribution in [0.1, 0.15) is 33.3 Å². The molecule has 2 rings (SSSR count). The van der Waals surface area contributed by atoms with Crippen LogP contribution >= 0.6 is 0 Å². The Morgan fingerprint density at radius 2 is 2.10 bits per heavy atom. The van der Waals surface area contributed by atoms with Crippen molar-refractivity contribution in [2.75, 3.05) is 19.9 Å². The minimum atomic E-state index is -0.902. The lowest BCUT2D eigenvalue weighted by atomic mass is 9.91. The lowest BCUT2D eigenvalue weighted by molar-refractivity contribution is -0.151. The molecule has 116 valence electrons. The molecule has 1 unspecified atom stereocenters. The van der Waals surface area contributed by atoms with Crippen LogP contribution < -0.4 is 14.8 Å². The van der Waals surface area contributed by atoms with Gasteiger partial charge in [0.1, 0.15) is 5.54 Å². The molecule has 1 heterocycles. The topological polar surface area (TPSA) is 56.8 Å². The smallest absolute Gasteiger partial charge is 0.330 e. The molecule has 0 amide bonds. The van der Waals surface area contributed by atoms with E-state index in [1.807, 2.05) is 25.1 Å². The van der Waals surface area contributed by atoms with Crippen molar-refractivity contribution in [3.05, 3.63) is 23.8 Å². The number of ether oxygens (including phenoxy) is 3. The molecule has 1 atom stereocenters. The molecule has 0 spiro atoms. The van der Waals surface area contributed by atoms with Gasteiger partial charge in [-0.15, -0.1) is 0 Å². The van der Waals surface area contributed by atoms with Gasteiger partial charge in [0.25, 0.3) is 0 Å². The molecule has 1 aliphatic rings. The number of rotatable bonds is 6. The van der Waals surface area contributed by atoms with E-state index >= 15 is 0 Å². The molecule has 21 heavy (non-hydrogen) atoms. The number of benzene rings is 1. The summed E-state index contributed by atoms with van der Waals surface area (Å²) in [4.78, 5) is 12.4. The Labute approximate surface area is 125 Å². The first kappa shape index (κ1) is 15.6. The highest BCUT2D eigenvalue weighted by Crippen LogP contribution is 2.36. The second-order valence-electron chi connectivity index (χ2n) is 5.69. The van der Waals surface area contributed by atoms with Crippen molar-refractivity contribution in [3.8, 4) is 11.5 Å². The predicted molar refractivity (Wildman–Crippen MR) is 79.4 cm³/mol. The molecule has 0 saturated carbocycles. The zero-order chi connectivity index (χ0) is 15.5. The van der Waals surface area contributed by atoms with E-state index in [1.165, 1.54) is 0 Å². The molecule has 5 heteroatoms. The third-order valence-corrected chi connectivity index (χ3v) is 3.50. The van der Waals surface area contributed by atoms with Crippen molar-refractivity contribution in [1.29, 1.82) is 0 Å². The quantitative estimate of drug-likeness (QED) is 0.816. The minimum Gasteiger partial charge on any atom is -0.464 e. The van der Waals surface area contributed by atoms with Gasteiger partial charge in [0.15, 0.2) is 11.5 Å². The van der Waals surface area contributed by atoms with Crippen LogP contribution in [0.15, 0.2) is 18.2 Å². The first-order valence-corrected chi connectivity index (χ1v) is 7.29. The van der Waals surface area contributed by atoms with Crippen LogP contribution in [0, 0.1) is 5.92 Å². The monoisotopic (exact) mass is 293 g/mol. The molecule has 0 fully saturated rings. The Balaban J connectivity index is 2.31. The number of carbonyl (C=O) groups excluding carboxylic acids is 1. The van der Waals surface area contributed by atoms with Crippen LogP contribution in [-0.2, 0) is 15.1 Å². The van der Waals surface area contributed by atoms with Gasteiger partial charge in [-0.25, -0.2) is 4.79 Å². The van der Waals surface area contributed by atoms with Crippen LogP contribution in [-0.4, -0.2) is 25.9 Å². The van der Waals surface area contributed by atoms with Crippen LogP contribution in [0.2, 0.25) is 0 Å². The first-order chi connectivity index (χ1) is 9.97. The molecule has 5 nitrogen and oxygen atoms in total. The highest BCUT2D eigenvalue weighted by atomic mass is 16.7. The molecular weight excluding hydrogens is 270 g/mol.